The largest absolute Gasteiger partial charge is 0.341 e. The minimum Gasteiger partial charge on any atom is -0.341 e. The highest BCUT2D eigenvalue weighted by molar-refractivity contribution is 5.86. The fourth-order valence-electron chi connectivity index (χ4n) is 3.49. The number of likely N-dealkylation sites (tertiary alicyclic amines) is 1. The molecule has 2 fully saturated rings. The quantitative estimate of drug-likeness (QED) is 0.849. The molecule has 1 saturated heterocycles. The molecule has 1 unspecified atom stereocenters. The van der Waals surface area contributed by atoms with Gasteiger partial charge in [0.15, 0.2) is 0 Å². The highest BCUT2D eigenvalue weighted by atomic mass is 35.5. The lowest BCUT2D eigenvalue weighted by Gasteiger charge is -2.44. The molecule has 1 aliphatic heterocycles. The zero-order valence-electron chi connectivity index (χ0n) is 12.4. The van der Waals surface area contributed by atoms with Gasteiger partial charge < -0.3 is 10.6 Å². The van der Waals surface area contributed by atoms with E-state index in [2.05, 4.69) is 18.7 Å². The van der Waals surface area contributed by atoms with Gasteiger partial charge >= 0.3 is 0 Å². The minimum atomic E-state index is -0.551. The van der Waals surface area contributed by atoms with Crippen LogP contribution >= 0.6 is 12.4 Å². The number of amides is 1. The summed E-state index contributed by atoms with van der Waals surface area (Å²) < 4.78 is 0. The third-order valence-electron chi connectivity index (χ3n) is 5.09. The number of piperidine rings is 1. The fraction of sp³-hybridized carbons (Fsp3) is 0.933. The van der Waals surface area contributed by atoms with Gasteiger partial charge in [0.1, 0.15) is 0 Å². The number of carbonyl (C=O) groups excluding carboxylic acids is 1. The molecule has 4 heteroatoms. The van der Waals surface area contributed by atoms with Crippen LogP contribution in [0, 0.1) is 5.41 Å². The molecule has 0 aromatic heterocycles. The Morgan fingerprint density at radius 1 is 1.16 bits per heavy atom. The second-order valence-corrected chi connectivity index (χ2v) is 6.71. The molecule has 112 valence electrons. The first kappa shape index (κ1) is 16.8. The Hall–Kier alpha value is -0.280. The van der Waals surface area contributed by atoms with E-state index >= 15 is 0 Å². The molecule has 1 atom stereocenters. The summed E-state index contributed by atoms with van der Waals surface area (Å²) in [5.41, 5.74) is 6.13. The van der Waals surface area contributed by atoms with Gasteiger partial charge in [-0.2, -0.15) is 0 Å². The van der Waals surface area contributed by atoms with Gasteiger partial charge in [0.05, 0.1) is 5.54 Å². The first-order valence-corrected chi connectivity index (χ1v) is 7.57. The number of rotatable bonds is 2. The molecular formula is C15H29ClN2O. The van der Waals surface area contributed by atoms with Gasteiger partial charge in [0.25, 0.3) is 0 Å². The van der Waals surface area contributed by atoms with Crippen LogP contribution in [0.3, 0.4) is 0 Å². The van der Waals surface area contributed by atoms with E-state index in [-0.39, 0.29) is 18.3 Å². The Morgan fingerprint density at radius 3 is 2.37 bits per heavy atom. The lowest BCUT2D eigenvalue weighted by Crippen LogP contribution is -2.59. The molecule has 0 aromatic rings. The third-order valence-corrected chi connectivity index (χ3v) is 5.09. The van der Waals surface area contributed by atoms with E-state index in [1.54, 1.807) is 0 Å². The molecule has 19 heavy (non-hydrogen) atoms. The highest BCUT2D eigenvalue weighted by Gasteiger charge is 2.41. The second kappa shape index (κ2) is 6.45. The molecule has 2 N–H and O–H groups in total. The van der Waals surface area contributed by atoms with Crippen LogP contribution in [0.5, 0.6) is 0 Å². The van der Waals surface area contributed by atoms with Crippen molar-refractivity contribution in [2.45, 2.75) is 70.8 Å². The molecule has 1 heterocycles. The van der Waals surface area contributed by atoms with Crippen LogP contribution in [0.15, 0.2) is 0 Å². The lowest BCUT2D eigenvalue weighted by atomic mass is 9.77. The SMILES string of the molecule is CCC1(C)CCCN(C(=O)C2(N)CCCCC2)C1.Cl. The van der Waals surface area contributed by atoms with Crippen LogP contribution < -0.4 is 5.73 Å². The average Bonchev–Trinajstić information content (AvgIpc) is 2.39. The van der Waals surface area contributed by atoms with E-state index in [1.807, 2.05) is 0 Å². The normalized spacial score (nSPS) is 30.6. The molecule has 3 nitrogen and oxygen atoms in total. The predicted octanol–water partition coefficient (Wildman–Crippen LogP) is 3.11. The minimum absolute atomic E-state index is 0. The van der Waals surface area contributed by atoms with Crippen LogP contribution in [0.4, 0.5) is 0 Å². The van der Waals surface area contributed by atoms with E-state index in [1.165, 1.54) is 12.8 Å². The van der Waals surface area contributed by atoms with E-state index in [4.69, 9.17) is 5.73 Å². The summed E-state index contributed by atoms with van der Waals surface area (Å²) in [5.74, 6) is 0.224. The molecule has 1 amide bonds. The van der Waals surface area contributed by atoms with Crippen molar-refractivity contribution < 1.29 is 4.79 Å². The maximum atomic E-state index is 12.7. The van der Waals surface area contributed by atoms with Gasteiger partial charge in [-0.15, -0.1) is 12.4 Å². The molecule has 2 aliphatic rings. The summed E-state index contributed by atoms with van der Waals surface area (Å²) in [5, 5.41) is 0. The monoisotopic (exact) mass is 288 g/mol. The zero-order chi connectivity index (χ0) is 13.2. The summed E-state index contributed by atoms with van der Waals surface area (Å²) in [4.78, 5) is 14.7. The Labute approximate surface area is 123 Å². The Bertz CT molecular complexity index is 315. The van der Waals surface area contributed by atoms with Gasteiger partial charge in [-0.3, -0.25) is 4.79 Å². The Morgan fingerprint density at radius 2 is 1.79 bits per heavy atom. The molecule has 0 spiro atoms. The fourth-order valence-corrected chi connectivity index (χ4v) is 3.49. The van der Waals surface area contributed by atoms with Crippen LogP contribution in [0.1, 0.15) is 65.2 Å². The van der Waals surface area contributed by atoms with Crippen molar-refractivity contribution >= 4 is 18.3 Å². The molecule has 2 rings (SSSR count). The van der Waals surface area contributed by atoms with E-state index in [9.17, 15) is 4.79 Å². The number of halogens is 1. The molecule has 1 aliphatic carbocycles. The summed E-state index contributed by atoms with van der Waals surface area (Å²) in [6, 6.07) is 0. The number of hydrogen-bond donors (Lipinski definition) is 1. The second-order valence-electron chi connectivity index (χ2n) is 6.71. The standard InChI is InChI=1S/C15H28N2O.ClH/c1-3-14(2)8-7-11-17(12-14)13(18)15(16)9-5-4-6-10-15;/h3-12,16H2,1-2H3;1H. The van der Waals surface area contributed by atoms with Crippen LogP contribution in [-0.2, 0) is 4.79 Å². The molecule has 1 saturated carbocycles. The zero-order valence-corrected chi connectivity index (χ0v) is 13.2. The molecule has 0 aromatic carbocycles. The van der Waals surface area contributed by atoms with Crippen molar-refractivity contribution in [3.63, 3.8) is 0 Å². The Balaban J connectivity index is 0.00000180. The van der Waals surface area contributed by atoms with Crippen molar-refractivity contribution in [3.05, 3.63) is 0 Å². The number of nitrogens with zero attached hydrogens (tertiary/aromatic N) is 1. The van der Waals surface area contributed by atoms with Gasteiger partial charge in [0.2, 0.25) is 5.91 Å². The van der Waals surface area contributed by atoms with Gasteiger partial charge in [-0.1, -0.05) is 33.1 Å². The summed E-state index contributed by atoms with van der Waals surface area (Å²) in [7, 11) is 0. The van der Waals surface area contributed by atoms with Crippen LogP contribution in [-0.4, -0.2) is 29.4 Å². The van der Waals surface area contributed by atoms with Crippen molar-refractivity contribution in [1.82, 2.24) is 4.90 Å². The average molecular weight is 289 g/mol. The predicted molar refractivity (Wildman–Crippen MR) is 81.5 cm³/mol. The number of hydrogen-bond acceptors (Lipinski definition) is 2. The van der Waals surface area contributed by atoms with Gasteiger partial charge in [-0.05, 0) is 37.5 Å². The first-order valence-electron chi connectivity index (χ1n) is 7.57. The maximum absolute atomic E-state index is 12.7. The lowest BCUT2D eigenvalue weighted by molar-refractivity contribution is -0.141. The third kappa shape index (κ3) is 3.63. The van der Waals surface area contributed by atoms with Crippen LogP contribution in [0.2, 0.25) is 0 Å². The van der Waals surface area contributed by atoms with Crippen molar-refractivity contribution in [3.8, 4) is 0 Å². The molecule has 0 radical (unpaired) electrons. The summed E-state index contributed by atoms with van der Waals surface area (Å²) >= 11 is 0. The van der Waals surface area contributed by atoms with Crippen LogP contribution in [0.25, 0.3) is 0 Å². The van der Waals surface area contributed by atoms with Crippen molar-refractivity contribution in [1.29, 1.82) is 0 Å². The Kier molecular flexibility index (Phi) is 5.69. The van der Waals surface area contributed by atoms with E-state index in [0.29, 0.717) is 5.41 Å². The highest BCUT2D eigenvalue weighted by Crippen LogP contribution is 2.35. The molecular weight excluding hydrogens is 260 g/mol. The van der Waals surface area contributed by atoms with Crippen molar-refractivity contribution in [2.24, 2.45) is 11.1 Å². The van der Waals surface area contributed by atoms with Crippen molar-refractivity contribution in [2.75, 3.05) is 13.1 Å². The summed E-state index contributed by atoms with van der Waals surface area (Å²) in [6.07, 6.45) is 8.74. The topological polar surface area (TPSA) is 46.3 Å². The smallest absolute Gasteiger partial charge is 0.242 e. The van der Waals surface area contributed by atoms with Gasteiger partial charge in [-0.25, -0.2) is 0 Å². The molecule has 0 bridgehead atoms. The number of carbonyl (C=O) groups is 1. The van der Waals surface area contributed by atoms with Gasteiger partial charge in [0, 0.05) is 13.1 Å². The summed E-state index contributed by atoms with van der Waals surface area (Å²) in [6.45, 7) is 6.35. The van der Waals surface area contributed by atoms with E-state index in [0.717, 1.165) is 51.6 Å². The number of nitrogens with two attached hydrogens (primary N) is 1. The van der Waals surface area contributed by atoms with E-state index < -0.39 is 5.54 Å². The first-order chi connectivity index (χ1) is 8.49. The maximum Gasteiger partial charge on any atom is 0.242 e.